The molecule has 66 valence electrons. The lowest BCUT2D eigenvalue weighted by Crippen LogP contribution is -2.05. The van der Waals surface area contributed by atoms with Crippen LogP contribution in [0, 0.1) is 5.82 Å². The monoisotopic (exact) mass is 233 g/mol. The summed E-state index contributed by atoms with van der Waals surface area (Å²) in [7, 11) is 0. The van der Waals surface area contributed by atoms with Crippen LogP contribution in [0.3, 0.4) is 0 Å². The summed E-state index contributed by atoms with van der Waals surface area (Å²) < 4.78 is 13.0. The third-order valence-electron chi connectivity index (χ3n) is 1.56. The average Bonchev–Trinajstić information content (AvgIpc) is 1.99. The molecule has 0 saturated carbocycles. The summed E-state index contributed by atoms with van der Waals surface area (Å²) >= 11 is 2.90. The fraction of sp³-hybridized carbons (Fsp3) is 0.250. The highest BCUT2D eigenvalue weighted by molar-refractivity contribution is 9.10. The highest BCUT2D eigenvalue weighted by Gasteiger charge is 2.09. The molecule has 1 rings (SSSR count). The van der Waals surface area contributed by atoms with Gasteiger partial charge in [-0.3, -0.25) is 0 Å². The highest BCUT2D eigenvalue weighted by atomic mass is 79.9. The Morgan fingerprint density at radius 2 is 2.17 bits per heavy atom. The topological polar surface area (TPSA) is 46.2 Å². The first-order valence-corrected chi connectivity index (χ1v) is 4.25. The van der Waals surface area contributed by atoms with Gasteiger partial charge >= 0.3 is 0 Å². The molecule has 3 N–H and O–H groups in total. The maximum atomic E-state index is 12.9. The third-order valence-corrected chi connectivity index (χ3v) is 2.34. The molecule has 0 spiro atoms. The Bertz CT molecular complexity index is 278. The van der Waals surface area contributed by atoms with Crippen LogP contribution in [0.1, 0.15) is 18.5 Å². The number of benzene rings is 1. The predicted octanol–water partition coefficient (Wildman–Crippen LogP) is 2.31. The first-order chi connectivity index (χ1) is 5.52. The molecule has 0 fully saturated rings. The van der Waals surface area contributed by atoms with Gasteiger partial charge in [0.05, 0.1) is 4.47 Å². The summed E-state index contributed by atoms with van der Waals surface area (Å²) in [5, 5.41) is 9.19. The van der Waals surface area contributed by atoms with Gasteiger partial charge in [-0.15, -0.1) is 0 Å². The van der Waals surface area contributed by atoms with Crippen molar-refractivity contribution in [2.45, 2.75) is 13.0 Å². The van der Waals surface area contributed by atoms with Gasteiger partial charge in [-0.2, -0.15) is 0 Å². The number of hydrogen-bond acceptors (Lipinski definition) is 2. The van der Waals surface area contributed by atoms with Gasteiger partial charge in [-0.25, -0.2) is 4.39 Å². The first kappa shape index (κ1) is 9.48. The van der Waals surface area contributed by atoms with Crippen LogP contribution < -0.4 is 5.73 Å². The van der Waals surface area contributed by atoms with E-state index in [0.29, 0.717) is 5.56 Å². The van der Waals surface area contributed by atoms with Gasteiger partial charge in [0.1, 0.15) is 11.6 Å². The maximum Gasteiger partial charge on any atom is 0.141 e. The van der Waals surface area contributed by atoms with Crippen LogP contribution in [0.25, 0.3) is 0 Å². The summed E-state index contributed by atoms with van der Waals surface area (Å²) in [5.41, 5.74) is 6.09. The van der Waals surface area contributed by atoms with Crippen molar-refractivity contribution in [1.29, 1.82) is 0 Å². The summed E-state index contributed by atoms with van der Waals surface area (Å²) in [6.45, 7) is 1.72. The fourth-order valence-corrected chi connectivity index (χ4v) is 1.09. The molecule has 0 amide bonds. The molecule has 0 heterocycles. The molecule has 1 atom stereocenters. The molecule has 0 radical (unpaired) electrons. The highest BCUT2D eigenvalue weighted by Crippen LogP contribution is 2.29. The number of phenols is 1. The van der Waals surface area contributed by atoms with Crippen LogP contribution in [0.4, 0.5) is 4.39 Å². The molecule has 0 bridgehead atoms. The number of hydrogen-bond donors (Lipinski definition) is 2. The molecule has 0 aliphatic rings. The molecular weight excluding hydrogens is 225 g/mol. The molecule has 0 aliphatic carbocycles. The van der Waals surface area contributed by atoms with Crippen LogP contribution in [0.2, 0.25) is 0 Å². The smallest absolute Gasteiger partial charge is 0.141 e. The van der Waals surface area contributed by atoms with E-state index in [0.717, 1.165) is 0 Å². The second-order valence-corrected chi connectivity index (χ2v) is 3.42. The zero-order valence-electron chi connectivity index (χ0n) is 6.51. The second kappa shape index (κ2) is 3.41. The molecule has 0 saturated heterocycles. The molecule has 12 heavy (non-hydrogen) atoms. The number of aromatic hydroxyl groups is 1. The molecule has 0 aromatic heterocycles. The van der Waals surface area contributed by atoms with E-state index in [1.165, 1.54) is 12.1 Å². The van der Waals surface area contributed by atoms with Crippen molar-refractivity contribution >= 4 is 15.9 Å². The zero-order valence-corrected chi connectivity index (χ0v) is 8.10. The van der Waals surface area contributed by atoms with Crippen molar-refractivity contribution in [2.75, 3.05) is 0 Å². The van der Waals surface area contributed by atoms with Gasteiger partial charge in [0.2, 0.25) is 0 Å². The normalized spacial score (nSPS) is 13.0. The van der Waals surface area contributed by atoms with Gasteiger partial charge in [0.15, 0.2) is 0 Å². The van der Waals surface area contributed by atoms with E-state index in [2.05, 4.69) is 15.9 Å². The van der Waals surface area contributed by atoms with E-state index >= 15 is 0 Å². The van der Waals surface area contributed by atoms with E-state index in [9.17, 15) is 9.50 Å². The number of phenolic OH excluding ortho intramolecular Hbond substituents is 1. The zero-order chi connectivity index (χ0) is 9.30. The SMILES string of the molecule is CC(N)c1cc(O)c(Br)c(F)c1. The van der Waals surface area contributed by atoms with Crippen LogP contribution in [-0.2, 0) is 0 Å². The summed E-state index contributed by atoms with van der Waals surface area (Å²) in [6, 6.07) is 2.46. The van der Waals surface area contributed by atoms with Gasteiger partial charge in [0, 0.05) is 6.04 Å². The van der Waals surface area contributed by atoms with Crippen molar-refractivity contribution in [1.82, 2.24) is 0 Å². The minimum Gasteiger partial charge on any atom is -0.507 e. The lowest BCUT2D eigenvalue weighted by molar-refractivity contribution is 0.462. The molecule has 1 aromatic carbocycles. The van der Waals surface area contributed by atoms with Crippen LogP contribution in [0.15, 0.2) is 16.6 Å². The van der Waals surface area contributed by atoms with E-state index in [4.69, 9.17) is 5.73 Å². The predicted molar refractivity (Wildman–Crippen MR) is 48.4 cm³/mol. The average molecular weight is 234 g/mol. The molecule has 2 nitrogen and oxygen atoms in total. The molecule has 1 aromatic rings. The van der Waals surface area contributed by atoms with Gasteiger partial charge in [-0.05, 0) is 40.5 Å². The van der Waals surface area contributed by atoms with E-state index in [-0.39, 0.29) is 16.3 Å². The van der Waals surface area contributed by atoms with Crippen molar-refractivity contribution in [3.63, 3.8) is 0 Å². The lowest BCUT2D eigenvalue weighted by Gasteiger charge is -2.07. The molecule has 1 unspecified atom stereocenters. The Kier molecular flexibility index (Phi) is 2.69. The van der Waals surface area contributed by atoms with E-state index < -0.39 is 5.82 Å². The van der Waals surface area contributed by atoms with Crippen LogP contribution >= 0.6 is 15.9 Å². The summed E-state index contributed by atoms with van der Waals surface area (Å²) in [4.78, 5) is 0. The number of rotatable bonds is 1. The summed E-state index contributed by atoms with van der Waals surface area (Å²) in [5.74, 6) is -0.621. The lowest BCUT2D eigenvalue weighted by atomic mass is 10.1. The second-order valence-electron chi connectivity index (χ2n) is 2.62. The van der Waals surface area contributed by atoms with Crippen molar-refractivity contribution in [2.24, 2.45) is 5.73 Å². The van der Waals surface area contributed by atoms with Crippen LogP contribution in [-0.4, -0.2) is 5.11 Å². The largest absolute Gasteiger partial charge is 0.507 e. The standard InChI is InChI=1S/C8H9BrFNO/c1-4(11)5-2-6(10)8(9)7(12)3-5/h2-4,12H,11H2,1H3. The van der Waals surface area contributed by atoms with Gasteiger partial charge < -0.3 is 10.8 Å². The van der Waals surface area contributed by atoms with Gasteiger partial charge in [-0.1, -0.05) is 0 Å². The Morgan fingerprint density at radius 3 is 2.58 bits per heavy atom. The van der Waals surface area contributed by atoms with E-state index in [1.807, 2.05) is 0 Å². The minimum absolute atomic E-state index is 0.0758. The van der Waals surface area contributed by atoms with Crippen molar-refractivity contribution < 1.29 is 9.50 Å². The van der Waals surface area contributed by atoms with Crippen molar-refractivity contribution in [3.8, 4) is 5.75 Å². The molecule has 0 aliphatic heterocycles. The third kappa shape index (κ3) is 1.76. The minimum atomic E-state index is -0.498. The maximum absolute atomic E-state index is 12.9. The van der Waals surface area contributed by atoms with Crippen LogP contribution in [0.5, 0.6) is 5.75 Å². The van der Waals surface area contributed by atoms with Gasteiger partial charge in [0.25, 0.3) is 0 Å². The number of halogens is 2. The Labute approximate surface area is 78.3 Å². The molecular formula is C8H9BrFNO. The number of nitrogens with two attached hydrogens (primary N) is 1. The van der Waals surface area contributed by atoms with E-state index in [1.54, 1.807) is 6.92 Å². The first-order valence-electron chi connectivity index (χ1n) is 3.46. The van der Waals surface area contributed by atoms with Crippen molar-refractivity contribution in [3.05, 3.63) is 28.0 Å². The Balaban J connectivity index is 3.21. The Hall–Kier alpha value is -0.610. The summed E-state index contributed by atoms with van der Waals surface area (Å²) in [6.07, 6.45) is 0. The quantitative estimate of drug-likeness (QED) is 0.783. The Morgan fingerprint density at radius 1 is 1.58 bits per heavy atom. The molecule has 4 heteroatoms. The fourth-order valence-electron chi connectivity index (χ4n) is 0.858.